The maximum absolute atomic E-state index is 12.6. The number of morpholine rings is 1. The summed E-state index contributed by atoms with van der Waals surface area (Å²) in [5.41, 5.74) is 0. The topological polar surface area (TPSA) is 79.0 Å². The third kappa shape index (κ3) is 4.76. The summed E-state index contributed by atoms with van der Waals surface area (Å²) in [5.74, 6) is 0.609. The molecular weight excluding hydrogens is 374 g/mol. The van der Waals surface area contributed by atoms with Crippen LogP contribution < -0.4 is 5.32 Å². The second-order valence-corrected chi connectivity index (χ2v) is 10.3. The van der Waals surface area contributed by atoms with Gasteiger partial charge in [0.15, 0.2) is 0 Å². The molecule has 0 unspecified atom stereocenters. The minimum absolute atomic E-state index is 0.108. The van der Waals surface area contributed by atoms with Crippen molar-refractivity contribution in [1.29, 1.82) is 0 Å². The normalized spacial score (nSPS) is 19.6. The third-order valence-corrected chi connectivity index (χ3v) is 8.42. The quantitative estimate of drug-likeness (QED) is 0.792. The largest absolute Gasteiger partial charge is 0.379 e. The summed E-state index contributed by atoms with van der Waals surface area (Å²) in [6.45, 7) is 2.77. The first kappa shape index (κ1) is 19.6. The van der Waals surface area contributed by atoms with Gasteiger partial charge in [0.1, 0.15) is 4.21 Å². The van der Waals surface area contributed by atoms with Gasteiger partial charge in [0.05, 0.1) is 19.8 Å². The Hall–Kier alpha value is -1.16. The summed E-state index contributed by atoms with van der Waals surface area (Å²) in [6, 6.07) is 3.29. The Bertz CT molecular complexity index is 707. The molecule has 1 aliphatic carbocycles. The van der Waals surface area contributed by atoms with Crippen LogP contribution in [0.25, 0.3) is 0 Å². The first-order valence-corrected chi connectivity index (χ1v) is 11.4. The van der Waals surface area contributed by atoms with Gasteiger partial charge in [-0.15, -0.1) is 11.3 Å². The number of ether oxygens (including phenoxy) is 1. The lowest BCUT2D eigenvalue weighted by atomic mass is 10.1. The van der Waals surface area contributed by atoms with E-state index in [1.54, 1.807) is 17.0 Å². The molecule has 2 aliphatic rings. The van der Waals surface area contributed by atoms with Gasteiger partial charge in [0.2, 0.25) is 0 Å². The number of rotatable bonds is 6. The van der Waals surface area contributed by atoms with Gasteiger partial charge in [0.25, 0.3) is 10.0 Å². The molecule has 1 aromatic rings. The lowest BCUT2D eigenvalue weighted by molar-refractivity contribution is 0.0731. The highest BCUT2D eigenvalue weighted by molar-refractivity contribution is 7.91. The van der Waals surface area contributed by atoms with E-state index < -0.39 is 10.0 Å². The highest BCUT2D eigenvalue weighted by Crippen LogP contribution is 2.26. The maximum atomic E-state index is 12.6. The molecule has 2 fully saturated rings. The summed E-state index contributed by atoms with van der Waals surface area (Å²) in [6.07, 6.45) is 4.92. The van der Waals surface area contributed by atoms with Crippen molar-refractivity contribution in [3.05, 3.63) is 17.0 Å². The maximum Gasteiger partial charge on any atom is 0.317 e. The zero-order valence-electron chi connectivity index (χ0n) is 15.1. The van der Waals surface area contributed by atoms with Crippen LogP contribution in [-0.4, -0.2) is 63.5 Å². The van der Waals surface area contributed by atoms with Crippen LogP contribution in [0.15, 0.2) is 16.3 Å². The van der Waals surface area contributed by atoms with E-state index >= 15 is 0 Å². The SMILES string of the molecule is CN(CC1CCCC1)C(=O)NCc1ccc(S(=O)(=O)N2CCOCC2)s1. The fourth-order valence-electron chi connectivity index (χ4n) is 3.47. The van der Waals surface area contributed by atoms with Crippen molar-refractivity contribution in [1.82, 2.24) is 14.5 Å². The van der Waals surface area contributed by atoms with Gasteiger partial charge in [-0.25, -0.2) is 13.2 Å². The minimum Gasteiger partial charge on any atom is -0.379 e. The van der Waals surface area contributed by atoms with Gasteiger partial charge in [-0.2, -0.15) is 4.31 Å². The molecule has 0 spiro atoms. The lowest BCUT2D eigenvalue weighted by Crippen LogP contribution is -2.40. The van der Waals surface area contributed by atoms with Crippen molar-refractivity contribution < 1.29 is 17.9 Å². The first-order valence-electron chi connectivity index (χ1n) is 9.12. The van der Waals surface area contributed by atoms with E-state index in [-0.39, 0.29) is 6.03 Å². The molecule has 0 radical (unpaired) electrons. The second kappa shape index (κ2) is 8.69. The van der Waals surface area contributed by atoms with Crippen molar-refractivity contribution in [2.45, 2.75) is 36.4 Å². The van der Waals surface area contributed by atoms with Crippen LogP contribution in [0.5, 0.6) is 0 Å². The number of carbonyl (C=O) groups is 1. The second-order valence-electron chi connectivity index (χ2n) is 6.93. The smallest absolute Gasteiger partial charge is 0.317 e. The van der Waals surface area contributed by atoms with Crippen LogP contribution in [0, 0.1) is 5.92 Å². The van der Waals surface area contributed by atoms with Crippen LogP contribution in [0.1, 0.15) is 30.6 Å². The molecular formula is C17H27N3O4S2. The molecule has 2 amide bonds. The zero-order chi connectivity index (χ0) is 18.6. The Morgan fingerprint density at radius 3 is 2.69 bits per heavy atom. The predicted octanol–water partition coefficient (Wildman–Crippen LogP) is 2.10. The monoisotopic (exact) mass is 401 g/mol. The fraction of sp³-hybridized carbons (Fsp3) is 0.706. The number of nitrogens with zero attached hydrogens (tertiary/aromatic N) is 2. The number of amides is 2. The molecule has 2 heterocycles. The molecule has 26 heavy (non-hydrogen) atoms. The number of thiophene rings is 1. The van der Waals surface area contributed by atoms with E-state index in [9.17, 15) is 13.2 Å². The molecule has 0 aromatic carbocycles. The van der Waals surface area contributed by atoms with Crippen molar-refractivity contribution in [2.75, 3.05) is 39.9 Å². The number of hydrogen-bond acceptors (Lipinski definition) is 5. The third-order valence-electron chi connectivity index (χ3n) is 4.97. The highest BCUT2D eigenvalue weighted by atomic mass is 32.2. The molecule has 1 saturated heterocycles. The van der Waals surface area contributed by atoms with E-state index in [4.69, 9.17) is 4.74 Å². The Morgan fingerprint density at radius 1 is 1.31 bits per heavy atom. The van der Waals surface area contributed by atoms with Crippen LogP contribution in [0.4, 0.5) is 4.79 Å². The fourth-order valence-corrected chi connectivity index (χ4v) is 6.32. The van der Waals surface area contributed by atoms with Gasteiger partial charge in [-0.1, -0.05) is 12.8 Å². The summed E-state index contributed by atoms with van der Waals surface area (Å²) >= 11 is 1.22. The summed E-state index contributed by atoms with van der Waals surface area (Å²) in [5, 5.41) is 2.89. The Morgan fingerprint density at radius 2 is 2.00 bits per heavy atom. The van der Waals surface area contributed by atoms with Crippen molar-refractivity contribution >= 4 is 27.4 Å². The van der Waals surface area contributed by atoms with Gasteiger partial charge < -0.3 is 15.0 Å². The number of nitrogens with one attached hydrogen (secondary N) is 1. The summed E-state index contributed by atoms with van der Waals surface area (Å²) in [7, 11) is -1.65. The average Bonchev–Trinajstić information content (AvgIpc) is 3.32. The predicted molar refractivity (Wildman–Crippen MR) is 101 cm³/mol. The van der Waals surface area contributed by atoms with Gasteiger partial charge in [0, 0.05) is 31.6 Å². The highest BCUT2D eigenvalue weighted by Gasteiger charge is 2.27. The van der Waals surface area contributed by atoms with E-state index in [1.807, 2.05) is 7.05 Å². The molecule has 9 heteroatoms. The van der Waals surface area contributed by atoms with E-state index in [0.29, 0.717) is 43.0 Å². The number of urea groups is 1. The molecule has 1 saturated carbocycles. The van der Waals surface area contributed by atoms with Crippen LogP contribution in [-0.2, 0) is 21.3 Å². The average molecular weight is 402 g/mol. The van der Waals surface area contributed by atoms with Gasteiger partial charge in [-0.05, 0) is 30.9 Å². The Balaban J connectivity index is 1.52. The van der Waals surface area contributed by atoms with Crippen molar-refractivity contribution in [3.63, 3.8) is 0 Å². The van der Waals surface area contributed by atoms with Crippen molar-refractivity contribution in [2.24, 2.45) is 5.92 Å². The Labute approximate surface area is 159 Å². The van der Waals surface area contributed by atoms with E-state index in [2.05, 4.69) is 5.32 Å². The van der Waals surface area contributed by atoms with E-state index in [0.717, 1.165) is 11.4 Å². The zero-order valence-corrected chi connectivity index (χ0v) is 16.8. The van der Waals surface area contributed by atoms with E-state index in [1.165, 1.54) is 41.3 Å². The van der Waals surface area contributed by atoms with Crippen LogP contribution >= 0.6 is 11.3 Å². The standard InChI is InChI=1S/C17H27N3O4S2/c1-19(13-14-4-2-3-5-14)17(21)18-12-15-6-7-16(25-15)26(22,23)20-8-10-24-11-9-20/h6-7,14H,2-5,8-13H2,1H3,(H,18,21). The Kier molecular flexibility index (Phi) is 6.55. The summed E-state index contributed by atoms with van der Waals surface area (Å²) in [4.78, 5) is 14.8. The number of carbonyl (C=O) groups excluding carboxylic acids is 1. The van der Waals surface area contributed by atoms with Crippen LogP contribution in [0.2, 0.25) is 0 Å². The minimum atomic E-state index is -3.46. The molecule has 1 aromatic heterocycles. The number of sulfonamides is 1. The van der Waals surface area contributed by atoms with Crippen LogP contribution in [0.3, 0.4) is 0 Å². The molecule has 0 bridgehead atoms. The van der Waals surface area contributed by atoms with Gasteiger partial charge in [-0.3, -0.25) is 0 Å². The summed E-state index contributed by atoms with van der Waals surface area (Å²) < 4.78 is 32.2. The van der Waals surface area contributed by atoms with Gasteiger partial charge >= 0.3 is 6.03 Å². The number of hydrogen-bond donors (Lipinski definition) is 1. The molecule has 0 atom stereocenters. The molecule has 1 aliphatic heterocycles. The molecule has 146 valence electrons. The molecule has 1 N–H and O–H groups in total. The lowest BCUT2D eigenvalue weighted by Gasteiger charge is -2.25. The molecule has 3 rings (SSSR count). The van der Waals surface area contributed by atoms with Crippen molar-refractivity contribution in [3.8, 4) is 0 Å². The first-order chi connectivity index (χ1) is 12.5. The molecule has 7 nitrogen and oxygen atoms in total.